The van der Waals surface area contributed by atoms with Crippen molar-refractivity contribution in [1.82, 2.24) is 0 Å². The van der Waals surface area contributed by atoms with Crippen LogP contribution in [0.4, 0.5) is 0 Å². The van der Waals surface area contributed by atoms with Crippen LogP contribution in [0.2, 0.25) is 0 Å². The molecule has 0 aromatic heterocycles. The van der Waals surface area contributed by atoms with E-state index in [2.05, 4.69) is 39.7 Å². The SMILES string of the molecule is C=C/C=C(\C=C)C(C)(C)c1cc(C)c(ON)c(C=C)c1. The van der Waals surface area contributed by atoms with E-state index in [-0.39, 0.29) is 5.41 Å². The van der Waals surface area contributed by atoms with E-state index in [0.717, 1.165) is 22.3 Å². The Bertz CT molecular complexity index is 565. The minimum absolute atomic E-state index is 0.189. The molecule has 20 heavy (non-hydrogen) atoms. The lowest BCUT2D eigenvalue weighted by Crippen LogP contribution is -2.20. The van der Waals surface area contributed by atoms with Crippen LogP contribution in [0, 0.1) is 6.92 Å². The van der Waals surface area contributed by atoms with Gasteiger partial charge in [0.15, 0.2) is 5.75 Å². The van der Waals surface area contributed by atoms with Gasteiger partial charge in [-0.15, -0.1) is 0 Å². The molecule has 0 radical (unpaired) electrons. The summed E-state index contributed by atoms with van der Waals surface area (Å²) >= 11 is 0. The molecule has 0 amide bonds. The van der Waals surface area contributed by atoms with Gasteiger partial charge in [-0.25, -0.2) is 0 Å². The molecule has 2 heteroatoms. The molecule has 0 bridgehead atoms. The topological polar surface area (TPSA) is 35.2 Å². The zero-order valence-corrected chi connectivity index (χ0v) is 12.6. The van der Waals surface area contributed by atoms with Crippen molar-refractivity contribution < 1.29 is 4.84 Å². The second-order valence-electron chi connectivity index (χ2n) is 5.22. The molecule has 0 saturated carbocycles. The van der Waals surface area contributed by atoms with Crippen LogP contribution in [0.1, 0.15) is 30.5 Å². The molecular formula is C18H23NO. The molecule has 1 aromatic carbocycles. The monoisotopic (exact) mass is 269 g/mol. The van der Waals surface area contributed by atoms with Gasteiger partial charge in [-0.05, 0) is 29.7 Å². The Hall–Kier alpha value is -2.06. The lowest BCUT2D eigenvalue weighted by molar-refractivity contribution is 0.331. The van der Waals surface area contributed by atoms with Crippen LogP contribution in [-0.4, -0.2) is 0 Å². The number of nitrogens with two attached hydrogens (primary N) is 1. The Kier molecular flexibility index (Phi) is 5.12. The van der Waals surface area contributed by atoms with Crippen LogP contribution >= 0.6 is 0 Å². The summed E-state index contributed by atoms with van der Waals surface area (Å²) in [5.74, 6) is 5.99. The second-order valence-corrected chi connectivity index (χ2v) is 5.22. The maximum absolute atomic E-state index is 5.33. The normalized spacial score (nSPS) is 11.9. The number of hydrogen-bond acceptors (Lipinski definition) is 2. The number of allylic oxidation sites excluding steroid dienone is 4. The molecule has 0 saturated heterocycles. The summed E-state index contributed by atoms with van der Waals surface area (Å²) in [6.45, 7) is 17.7. The molecule has 2 nitrogen and oxygen atoms in total. The van der Waals surface area contributed by atoms with Crippen molar-refractivity contribution in [3.8, 4) is 5.75 Å². The van der Waals surface area contributed by atoms with Crippen LogP contribution in [0.25, 0.3) is 6.08 Å². The molecule has 1 rings (SSSR count). The minimum Gasteiger partial charge on any atom is -0.411 e. The molecule has 2 N–H and O–H groups in total. The Morgan fingerprint density at radius 2 is 1.90 bits per heavy atom. The number of hydrogen-bond donors (Lipinski definition) is 1. The first kappa shape index (κ1) is 16.0. The third kappa shape index (κ3) is 2.91. The van der Waals surface area contributed by atoms with E-state index in [4.69, 9.17) is 10.7 Å². The highest BCUT2D eigenvalue weighted by molar-refractivity contribution is 5.61. The van der Waals surface area contributed by atoms with Gasteiger partial charge in [0, 0.05) is 11.0 Å². The smallest absolute Gasteiger partial charge is 0.156 e. The molecule has 106 valence electrons. The molecule has 0 aliphatic rings. The standard InChI is InChI=1S/C18H23NO/c1-7-10-15(9-3)18(5,6)16-11-13(4)17(20-19)14(8-2)12-16/h7-12H,1-3,19H2,4-6H3/b15-10+. The highest BCUT2D eigenvalue weighted by Crippen LogP contribution is 2.36. The van der Waals surface area contributed by atoms with Crippen LogP contribution in [0.15, 0.2) is 55.7 Å². The summed E-state index contributed by atoms with van der Waals surface area (Å²) in [5, 5.41) is 0. The van der Waals surface area contributed by atoms with Gasteiger partial charge in [-0.1, -0.05) is 64.0 Å². The van der Waals surface area contributed by atoms with Gasteiger partial charge < -0.3 is 4.84 Å². The zero-order chi connectivity index (χ0) is 15.3. The molecule has 0 aliphatic carbocycles. The summed E-state index contributed by atoms with van der Waals surface area (Å²) in [6.07, 6.45) is 7.36. The highest BCUT2D eigenvalue weighted by Gasteiger charge is 2.25. The van der Waals surface area contributed by atoms with Crippen molar-refractivity contribution in [1.29, 1.82) is 0 Å². The van der Waals surface area contributed by atoms with Crippen LogP contribution in [0.3, 0.4) is 0 Å². The van der Waals surface area contributed by atoms with Crippen LogP contribution in [-0.2, 0) is 5.41 Å². The summed E-state index contributed by atoms with van der Waals surface area (Å²) in [7, 11) is 0. The fourth-order valence-corrected chi connectivity index (χ4v) is 2.30. The van der Waals surface area contributed by atoms with E-state index >= 15 is 0 Å². The fourth-order valence-electron chi connectivity index (χ4n) is 2.30. The average Bonchev–Trinajstić information content (AvgIpc) is 2.43. The number of benzene rings is 1. The van der Waals surface area contributed by atoms with Crippen molar-refractivity contribution in [2.24, 2.45) is 5.90 Å². The third-order valence-corrected chi connectivity index (χ3v) is 3.60. The van der Waals surface area contributed by atoms with Gasteiger partial charge in [-0.3, -0.25) is 0 Å². The van der Waals surface area contributed by atoms with Gasteiger partial charge >= 0.3 is 0 Å². The Balaban J connectivity index is 3.50. The number of aryl methyl sites for hydroxylation is 1. The van der Waals surface area contributed by atoms with E-state index < -0.39 is 0 Å². The third-order valence-electron chi connectivity index (χ3n) is 3.60. The Labute approximate surface area is 121 Å². The van der Waals surface area contributed by atoms with Gasteiger partial charge in [-0.2, -0.15) is 5.90 Å². The lowest BCUT2D eigenvalue weighted by atomic mass is 9.76. The fraction of sp³-hybridized carbons (Fsp3) is 0.222. The molecule has 0 atom stereocenters. The maximum atomic E-state index is 5.33. The Morgan fingerprint density at radius 1 is 1.25 bits per heavy atom. The first-order valence-electron chi connectivity index (χ1n) is 6.52. The second kappa shape index (κ2) is 6.40. The summed E-state index contributed by atoms with van der Waals surface area (Å²) in [6, 6.07) is 4.12. The minimum atomic E-state index is -0.189. The molecule has 0 unspecified atom stereocenters. The lowest BCUT2D eigenvalue weighted by Gasteiger charge is -2.28. The summed E-state index contributed by atoms with van der Waals surface area (Å²) < 4.78 is 0. The summed E-state index contributed by atoms with van der Waals surface area (Å²) in [5.41, 5.74) is 3.93. The van der Waals surface area contributed by atoms with E-state index in [1.54, 1.807) is 12.2 Å². The zero-order valence-electron chi connectivity index (χ0n) is 12.6. The van der Waals surface area contributed by atoms with Crippen molar-refractivity contribution in [2.75, 3.05) is 0 Å². The predicted octanol–water partition coefficient (Wildman–Crippen LogP) is 4.47. The van der Waals surface area contributed by atoms with Crippen molar-refractivity contribution >= 4 is 6.08 Å². The van der Waals surface area contributed by atoms with Gasteiger partial charge in [0.2, 0.25) is 0 Å². The van der Waals surface area contributed by atoms with Crippen molar-refractivity contribution in [2.45, 2.75) is 26.2 Å². The molecule has 0 heterocycles. The largest absolute Gasteiger partial charge is 0.411 e. The van der Waals surface area contributed by atoms with Crippen molar-refractivity contribution in [3.63, 3.8) is 0 Å². The molecule has 0 spiro atoms. The van der Waals surface area contributed by atoms with E-state index in [0.29, 0.717) is 5.75 Å². The maximum Gasteiger partial charge on any atom is 0.156 e. The highest BCUT2D eigenvalue weighted by atomic mass is 16.6. The molecule has 0 aliphatic heterocycles. The average molecular weight is 269 g/mol. The van der Waals surface area contributed by atoms with Gasteiger partial charge in [0.05, 0.1) is 0 Å². The molecule has 1 aromatic rings. The van der Waals surface area contributed by atoms with E-state index in [1.165, 1.54) is 0 Å². The van der Waals surface area contributed by atoms with Gasteiger partial charge in [0.1, 0.15) is 0 Å². The van der Waals surface area contributed by atoms with Crippen molar-refractivity contribution in [3.05, 3.63) is 72.4 Å². The van der Waals surface area contributed by atoms with Crippen LogP contribution in [0.5, 0.6) is 5.75 Å². The summed E-state index contributed by atoms with van der Waals surface area (Å²) in [4.78, 5) is 4.95. The molecular weight excluding hydrogens is 246 g/mol. The quantitative estimate of drug-likeness (QED) is 0.611. The van der Waals surface area contributed by atoms with E-state index in [9.17, 15) is 0 Å². The predicted molar refractivity (Wildman–Crippen MR) is 87.6 cm³/mol. The van der Waals surface area contributed by atoms with Crippen LogP contribution < -0.4 is 10.7 Å². The van der Waals surface area contributed by atoms with E-state index in [1.807, 2.05) is 25.1 Å². The number of rotatable bonds is 6. The molecule has 0 fully saturated rings. The Morgan fingerprint density at radius 3 is 2.35 bits per heavy atom. The van der Waals surface area contributed by atoms with Gasteiger partial charge in [0.25, 0.3) is 0 Å². The first-order valence-corrected chi connectivity index (χ1v) is 6.52. The first-order chi connectivity index (χ1) is 9.42.